The molecule has 2 N–H and O–H groups in total. The zero-order valence-corrected chi connectivity index (χ0v) is 17.0. The molecule has 0 aliphatic rings. The van der Waals surface area contributed by atoms with Crippen LogP contribution in [0.3, 0.4) is 0 Å². The monoisotopic (exact) mass is 355 g/mol. The van der Waals surface area contributed by atoms with Gasteiger partial charge in [0.25, 0.3) is 0 Å². The van der Waals surface area contributed by atoms with Gasteiger partial charge in [0.05, 0.1) is 5.41 Å². The van der Waals surface area contributed by atoms with Gasteiger partial charge < -0.3 is 10.5 Å². The molecule has 0 aromatic heterocycles. The summed E-state index contributed by atoms with van der Waals surface area (Å²) in [5.41, 5.74) is 7.41. The number of benzene rings is 2. The zero-order chi connectivity index (χ0) is 19.8. The first-order chi connectivity index (χ1) is 12.2. The van der Waals surface area contributed by atoms with E-state index in [1.54, 1.807) is 0 Å². The van der Waals surface area contributed by atoms with Gasteiger partial charge in [-0.2, -0.15) is 0 Å². The minimum absolute atomic E-state index is 0.00427. The topological polar surface area (TPSA) is 52.3 Å². The standard InChI is InChI=1S/C21H27NO2.C2H6/c1-20(2,3)14-21(4,15-22)19(23)24-18-12-10-17(11-13-18)16-8-6-5-7-9-16;1-2/h5-13H,14-15,22H2,1-4H3;1-2H3. The number of nitrogens with two attached hydrogens (primary N) is 1. The first-order valence-electron chi connectivity index (χ1n) is 9.31. The second kappa shape index (κ2) is 9.54. The maximum Gasteiger partial charge on any atom is 0.318 e. The molecule has 0 aliphatic heterocycles. The van der Waals surface area contributed by atoms with E-state index in [-0.39, 0.29) is 17.9 Å². The van der Waals surface area contributed by atoms with Crippen molar-refractivity contribution in [2.75, 3.05) is 6.54 Å². The summed E-state index contributed by atoms with van der Waals surface area (Å²) in [5, 5.41) is 0. The first kappa shape index (κ1) is 21.9. The quantitative estimate of drug-likeness (QED) is 0.554. The maximum atomic E-state index is 12.6. The fourth-order valence-electron chi connectivity index (χ4n) is 2.97. The summed E-state index contributed by atoms with van der Waals surface area (Å²) in [6.07, 6.45) is 0.678. The van der Waals surface area contributed by atoms with Crippen molar-refractivity contribution in [3.63, 3.8) is 0 Å². The lowest BCUT2D eigenvalue weighted by atomic mass is 9.75. The Hall–Kier alpha value is -2.13. The molecular weight excluding hydrogens is 322 g/mol. The molecule has 2 aromatic rings. The van der Waals surface area contributed by atoms with E-state index in [1.807, 2.05) is 63.2 Å². The van der Waals surface area contributed by atoms with E-state index >= 15 is 0 Å². The Morgan fingerprint density at radius 2 is 1.38 bits per heavy atom. The van der Waals surface area contributed by atoms with Gasteiger partial charge in [0, 0.05) is 6.54 Å². The Balaban J connectivity index is 0.00000163. The highest BCUT2D eigenvalue weighted by atomic mass is 16.5. The van der Waals surface area contributed by atoms with Crippen molar-refractivity contribution in [1.29, 1.82) is 0 Å². The lowest BCUT2D eigenvalue weighted by molar-refractivity contribution is -0.146. The minimum Gasteiger partial charge on any atom is -0.426 e. The lowest BCUT2D eigenvalue weighted by Gasteiger charge is -2.32. The summed E-state index contributed by atoms with van der Waals surface area (Å²) >= 11 is 0. The summed E-state index contributed by atoms with van der Waals surface area (Å²) in [6.45, 7) is 12.4. The van der Waals surface area contributed by atoms with Gasteiger partial charge in [0.2, 0.25) is 0 Å². The number of rotatable bonds is 5. The second-order valence-electron chi connectivity index (χ2n) is 7.78. The van der Waals surface area contributed by atoms with Crippen molar-refractivity contribution in [2.24, 2.45) is 16.6 Å². The molecule has 2 rings (SSSR count). The summed E-state index contributed by atoms with van der Waals surface area (Å²) in [6, 6.07) is 17.7. The van der Waals surface area contributed by atoms with Gasteiger partial charge in [-0.3, -0.25) is 4.79 Å². The number of ether oxygens (including phenoxy) is 1. The Bertz CT molecular complexity index is 672. The van der Waals surface area contributed by atoms with Crippen LogP contribution in [0, 0.1) is 10.8 Å². The van der Waals surface area contributed by atoms with Gasteiger partial charge in [0.15, 0.2) is 0 Å². The van der Waals surface area contributed by atoms with Crippen LogP contribution >= 0.6 is 0 Å². The second-order valence-corrected chi connectivity index (χ2v) is 7.78. The average Bonchev–Trinajstić information content (AvgIpc) is 2.63. The van der Waals surface area contributed by atoms with Gasteiger partial charge in [0.1, 0.15) is 5.75 Å². The Kier molecular flexibility index (Phi) is 8.04. The normalized spacial score (nSPS) is 13.2. The van der Waals surface area contributed by atoms with E-state index in [0.29, 0.717) is 12.2 Å². The van der Waals surface area contributed by atoms with Crippen LogP contribution in [0.2, 0.25) is 0 Å². The SMILES string of the molecule is CC.CC(C)(C)CC(C)(CN)C(=O)Oc1ccc(-c2ccccc2)cc1. The van der Waals surface area contributed by atoms with Crippen molar-refractivity contribution < 1.29 is 9.53 Å². The third-order valence-corrected chi connectivity index (χ3v) is 4.04. The smallest absolute Gasteiger partial charge is 0.318 e. The largest absolute Gasteiger partial charge is 0.426 e. The lowest BCUT2D eigenvalue weighted by Crippen LogP contribution is -2.41. The summed E-state index contributed by atoms with van der Waals surface area (Å²) in [7, 11) is 0. The molecule has 3 nitrogen and oxygen atoms in total. The van der Waals surface area contributed by atoms with Crippen LogP contribution in [0.15, 0.2) is 54.6 Å². The first-order valence-corrected chi connectivity index (χ1v) is 9.31. The van der Waals surface area contributed by atoms with Gasteiger partial charge in [-0.05, 0) is 42.0 Å². The van der Waals surface area contributed by atoms with Crippen LogP contribution in [0.4, 0.5) is 0 Å². The molecule has 142 valence electrons. The number of carbonyl (C=O) groups excluding carboxylic acids is 1. The molecule has 1 atom stereocenters. The molecular formula is C23H33NO2. The van der Waals surface area contributed by atoms with Crippen molar-refractivity contribution in [2.45, 2.75) is 48.0 Å². The van der Waals surface area contributed by atoms with Crippen LogP contribution in [0.25, 0.3) is 11.1 Å². The van der Waals surface area contributed by atoms with Gasteiger partial charge in [-0.15, -0.1) is 0 Å². The van der Waals surface area contributed by atoms with Gasteiger partial charge in [-0.25, -0.2) is 0 Å². The van der Waals surface area contributed by atoms with Gasteiger partial charge in [-0.1, -0.05) is 77.1 Å². The number of carbonyl (C=O) groups is 1. The molecule has 0 aliphatic carbocycles. The van der Waals surface area contributed by atoms with Crippen molar-refractivity contribution in [3.8, 4) is 16.9 Å². The molecule has 26 heavy (non-hydrogen) atoms. The summed E-state index contributed by atoms with van der Waals surface area (Å²) < 4.78 is 5.59. The summed E-state index contributed by atoms with van der Waals surface area (Å²) in [4.78, 5) is 12.6. The fraction of sp³-hybridized carbons (Fsp3) is 0.435. The van der Waals surface area contributed by atoms with Crippen LogP contribution < -0.4 is 10.5 Å². The highest BCUT2D eigenvalue weighted by molar-refractivity contribution is 5.79. The molecule has 0 heterocycles. The predicted molar refractivity (Wildman–Crippen MR) is 110 cm³/mol. The van der Waals surface area contributed by atoms with Crippen molar-refractivity contribution in [3.05, 3.63) is 54.6 Å². The fourth-order valence-corrected chi connectivity index (χ4v) is 2.97. The van der Waals surface area contributed by atoms with E-state index in [9.17, 15) is 4.79 Å². The van der Waals surface area contributed by atoms with E-state index in [4.69, 9.17) is 10.5 Å². The third kappa shape index (κ3) is 6.30. The Morgan fingerprint density at radius 1 is 0.885 bits per heavy atom. The van der Waals surface area contributed by atoms with E-state index < -0.39 is 5.41 Å². The Morgan fingerprint density at radius 3 is 1.85 bits per heavy atom. The number of hydrogen-bond donors (Lipinski definition) is 1. The highest BCUT2D eigenvalue weighted by Gasteiger charge is 2.37. The molecule has 0 saturated carbocycles. The van der Waals surface area contributed by atoms with E-state index in [0.717, 1.165) is 11.1 Å². The van der Waals surface area contributed by atoms with Crippen LogP contribution in [-0.2, 0) is 4.79 Å². The molecule has 0 bridgehead atoms. The van der Waals surface area contributed by atoms with Gasteiger partial charge >= 0.3 is 5.97 Å². The maximum absolute atomic E-state index is 12.6. The molecule has 1 unspecified atom stereocenters. The molecule has 3 heteroatoms. The number of hydrogen-bond acceptors (Lipinski definition) is 3. The molecule has 2 aromatic carbocycles. The average molecular weight is 356 g/mol. The van der Waals surface area contributed by atoms with E-state index in [1.165, 1.54) is 0 Å². The predicted octanol–water partition coefficient (Wildman–Crippen LogP) is 5.69. The molecule has 0 radical (unpaired) electrons. The molecule has 0 saturated heterocycles. The number of esters is 1. The molecule has 0 amide bonds. The Labute approximate surface area is 158 Å². The van der Waals surface area contributed by atoms with Crippen LogP contribution in [-0.4, -0.2) is 12.5 Å². The van der Waals surface area contributed by atoms with Crippen molar-refractivity contribution >= 4 is 5.97 Å². The van der Waals surface area contributed by atoms with Crippen molar-refractivity contribution in [1.82, 2.24) is 0 Å². The molecule has 0 fully saturated rings. The summed E-state index contributed by atoms with van der Waals surface area (Å²) in [5.74, 6) is 0.278. The zero-order valence-electron chi connectivity index (χ0n) is 17.0. The van der Waals surface area contributed by atoms with Crippen LogP contribution in [0.1, 0.15) is 48.0 Å². The minimum atomic E-state index is -0.684. The third-order valence-electron chi connectivity index (χ3n) is 4.04. The van der Waals surface area contributed by atoms with Crippen LogP contribution in [0.5, 0.6) is 5.75 Å². The highest BCUT2D eigenvalue weighted by Crippen LogP contribution is 2.34. The molecule has 0 spiro atoms. The van der Waals surface area contributed by atoms with E-state index in [2.05, 4.69) is 32.9 Å².